The van der Waals surface area contributed by atoms with E-state index in [9.17, 15) is 5.11 Å². The lowest BCUT2D eigenvalue weighted by Gasteiger charge is -2.47. The minimum atomic E-state index is -0.218. The molecule has 3 aliphatic rings. The van der Waals surface area contributed by atoms with Crippen molar-refractivity contribution in [3.05, 3.63) is 24.8 Å². The third-order valence-electron chi connectivity index (χ3n) is 4.29. The molecular formula is C12H16N4O. The standard InChI is InChI=1S/C12H16N4O/c17-9-3-1-2-8-10(9)11-13-4-7-16(11)12-14-5-6-15(8)12/h4-11,13,17H,1-3H2. The van der Waals surface area contributed by atoms with Crippen molar-refractivity contribution in [3.63, 3.8) is 0 Å². The molecule has 0 spiro atoms. The molecule has 2 N–H and O–H groups in total. The summed E-state index contributed by atoms with van der Waals surface area (Å²) in [6.45, 7) is 0. The van der Waals surface area contributed by atoms with E-state index in [1.54, 1.807) is 0 Å². The van der Waals surface area contributed by atoms with E-state index < -0.39 is 0 Å². The van der Waals surface area contributed by atoms with Gasteiger partial charge in [-0.1, -0.05) is 0 Å². The molecule has 1 aliphatic carbocycles. The number of rotatable bonds is 0. The van der Waals surface area contributed by atoms with Gasteiger partial charge in [-0.3, -0.25) is 4.90 Å². The van der Waals surface area contributed by atoms with E-state index in [1.165, 1.54) is 0 Å². The highest BCUT2D eigenvalue weighted by molar-refractivity contribution is 5.44. The van der Waals surface area contributed by atoms with Crippen LogP contribution >= 0.6 is 0 Å². The molecule has 0 saturated heterocycles. The molecule has 0 bridgehead atoms. The van der Waals surface area contributed by atoms with Gasteiger partial charge in [0.2, 0.25) is 5.95 Å². The first-order valence-electron chi connectivity index (χ1n) is 6.28. The SMILES string of the molecule is OC1CCCC2C1C1NC=CN1c1nccn12. The van der Waals surface area contributed by atoms with Crippen LogP contribution in [0.25, 0.3) is 0 Å². The molecule has 4 atom stereocenters. The molecule has 5 heteroatoms. The highest BCUT2D eigenvalue weighted by Crippen LogP contribution is 2.44. The van der Waals surface area contributed by atoms with Gasteiger partial charge in [0.05, 0.1) is 6.10 Å². The average Bonchev–Trinajstić information content (AvgIpc) is 2.97. The van der Waals surface area contributed by atoms with Crippen molar-refractivity contribution in [2.75, 3.05) is 4.90 Å². The Hall–Kier alpha value is -1.49. The Labute approximate surface area is 99.8 Å². The number of anilines is 1. The summed E-state index contributed by atoms with van der Waals surface area (Å²) in [5.74, 6) is 1.24. The van der Waals surface area contributed by atoms with Gasteiger partial charge in [0.25, 0.3) is 0 Å². The van der Waals surface area contributed by atoms with Crippen molar-refractivity contribution >= 4 is 5.95 Å². The second-order valence-electron chi connectivity index (χ2n) is 5.11. The van der Waals surface area contributed by atoms with Crippen molar-refractivity contribution in [2.24, 2.45) is 5.92 Å². The summed E-state index contributed by atoms with van der Waals surface area (Å²) >= 11 is 0. The molecule has 1 saturated carbocycles. The zero-order valence-electron chi connectivity index (χ0n) is 9.53. The van der Waals surface area contributed by atoms with Crippen LogP contribution in [0.1, 0.15) is 25.3 Å². The fraction of sp³-hybridized carbons (Fsp3) is 0.583. The monoisotopic (exact) mass is 232 g/mol. The predicted molar refractivity (Wildman–Crippen MR) is 63.2 cm³/mol. The van der Waals surface area contributed by atoms with E-state index >= 15 is 0 Å². The number of hydrogen-bond donors (Lipinski definition) is 2. The fourth-order valence-electron chi connectivity index (χ4n) is 3.57. The minimum absolute atomic E-state index is 0.171. The van der Waals surface area contributed by atoms with Crippen molar-refractivity contribution in [3.8, 4) is 0 Å². The maximum atomic E-state index is 10.3. The molecule has 1 fully saturated rings. The number of aliphatic hydroxyl groups is 1. The van der Waals surface area contributed by atoms with Crippen molar-refractivity contribution in [1.29, 1.82) is 0 Å². The molecule has 2 aliphatic heterocycles. The van der Waals surface area contributed by atoms with Crippen LogP contribution in [0.15, 0.2) is 24.8 Å². The second-order valence-corrected chi connectivity index (χ2v) is 5.11. The second kappa shape index (κ2) is 3.26. The summed E-state index contributed by atoms with van der Waals surface area (Å²) in [6, 6.07) is 0.380. The molecule has 5 nitrogen and oxygen atoms in total. The molecule has 1 aromatic rings. The Morgan fingerprint density at radius 1 is 1.41 bits per heavy atom. The van der Waals surface area contributed by atoms with Crippen molar-refractivity contribution in [1.82, 2.24) is 14.9 Å². The van der Waals surface area contributed by atoms with E-state index in [-0.39, 0.29) is 18.2 Å². The van der Waals surface area contributed by atoms with Crippen LogP contribution in [0.3, 0.4) is 0 Å². The van der Waals surface area contributed by atoms with Gasteiger partial charge < -0.3 is 15.0 Å². The number of imidazole rings is 1. The van der Waals surface area contributed by atoms with Crippen LogP contribution in [0, 0.1) is 5.92 Å². The molecule has 4 rings (SSSR count). The summed E-state index contributed by atoms with van der Waals surface area (Å²) < 4.78 is 2.22. The lowest BCUT2D eigenvalue weighted by Crippen LogP contribution is -2.55. The normalized spacial score (nSPS) is 38.3. The maximum Gasteiger partial charge on any atom is 0.211 e. The highest BCUT2D eigenvalue weighted by Gasteiger charge is 2.47. The first-order valence-corrected chi connectivity index (χ1v) is 6.28. The van der Waals surface area contributed by atoms with Crippen LogP contribution in [0.4, 0.5) is 5.95 Å². The van der Waals surface area contributed by atoms with Crippen molar-refractivity contribution in [2.45, 2.75) is 37.6 Å². The topological polar surface area (TPSA) is 53.3 Å². The quantitative estimate of drug-likeness (QED) is 0.695. The average molecular weight is 232 g/mol. The van der Waals surface area contributed by atoms with E-state index in [0.717, 1.165) is 25.2 Å². The Balaban J connectivity index is 1.85. The maximum absolute atomic E-state index is 10.3. The number of aliphatic hydroxyl groups excluding tert-OH is 1. The number of aromatic nitrogens is 2. The molecule has 3 heterocycles. The molecule has 0 amide bonds. The molecule has 4 unspecified atom stereocenters. The molecule has 0 radical (unpaired) electrons. The number of nitrogens with one attached hydrogen (secondary N) is 1. The minimum Gasteiger partial charge on any atom is -0.393 e. The zero-order valence-corrected chi connectivity index (χ0v) is 9.53. The fourth-order valence-corrected chi connectivity index (χ4v) is 3.57. The number of hydrogen-bond acceptors (Lipinski definition) is 4. The molecule has 1 aromatic heterocycles. The van der Waals surface area contributed by atoms with E-state index in [2.05, 4.69) is 19.8 Å². The van der Waals surface area contributed by atoms with Gasteiger partial charge in [-0.25, -0.2) is 4.98 Å². The van der Waals surface area contributed by atoms with Gasteiger partial charge in [-0.05, 0) is 19.3 Å². The first kappa shape index (κ1) is 9.53. The molecule has 0 aromatic carbocycles. The summed E-state index contributed by atoms with van der Waals surface area (Å²) in [5, 5.41) is 13.6. The summed E-state index contributed by atoms with van der Waals surface area (Å²) in [6.07, 6.45) is 11.0. The Bertz CT molecular complexity index is 469. The van der Waals surface area contributed by atoms with Gasteiger partial charge in [-0.15, -0.1) is 0 Å². The van der Waals surface area contributed by atoms with Gasteiger partial charge in [0.1, 0.15) is 6.17 Å². The smallest absolute Gasteiger partial charge is 0.211 e. The van der Waals surface area contributed by atoms with E-state index in [1.807, 2.05) is 24.8 Å². The molecular weight excluding hydrogens is 216 g/mol. The number of fused-ring (bicyclic) bond motifs is 6. The molecule has 90 valence electrons. The summed E-state index contributed by atoms with van der Waals surface area (Å²) in [4.78, 5) is 6.57. The van der Waals surface area contributed by atoms with Gasteiger partial charge in [0.15, 0.2) is 0 Å². The van der Waals surface area contributed by atoms with E-state index in [0.29, 0.717) is 6.04 Å². The zero-order chi connectivity index (χ0) is 11.4. The van der Waals surface area contributed by atoms with Crippen LogP contribution in [0.5, 0.6) is 0 Å². The van der Waals surface area contributed by atoms with Crippen LogP contribution in [0.2, 0.25) is 0 Å². The van der Waals surface area contributed by atoms with Crippen molar-refractivity contribution < 1.29 is 5.11 Å². The highest BCUT2D eigenvalue weighted by atomic mass is 16.3. The Morgan fingerprint density at radius 2 is 2.35 bits per heavy atom. The molecule has 17 heavy (non-hydrogen) atoms. The Morgan fingerprint density at radius 3 is 3.29 bits per heavy atom. The number of nitrogens with zero attached hydrogens (tertiary/aromatic N) is 3. The first-order chi connectivity index (χ1) is 8.36. The largest absolute Gasteiger partial charge is 0.393 e. The third-order valence-corrected chi connectivity index (χ3v) is 4.29. The van der Waals surface area contributed by atoms with E-state index in [4.69, 9.17) is 0 Å². The summed E-state index contributed by atoms with van der Waals surface area (Å²) in [7, 11) is 0. The van der Waals surface area contributed by atoms with Crippen LogP contribution < -0.4 is 10.2 Å². The van der Waals surface area contributed by atoms with Gasteiger partial charge >= 0.3 is 0 Å². The summed E-state index contributed by atoms with van der Waals surface area (Å²) in [5.41, 5.74) is 0. The van der Waals surface area contributed by atoms with Crippen LogP contribution in [-0.2, 0) is 0 Å². The Kier molecular flexibility index (Phi) is 1.83. The van der Waals surface area contributed by atoms with Crippen LogP contribution in [-0.4, -0.2) is 26.9 Å². The van der Waals surface area contributed by atoms with Gasteiger partial charge in [-0.2, -0.15) is 0 Å². The van der Waals surface area contributed by atoms with Gasteiger partial charge in [0, 0.05) is 36.8 Å². The third kappa shape index (κ3) is 1.15. The predicted octanol–water partition coefficient (Wildman–Crippen LogP) is 0.806. The lowest BCUT2D eigenvalue weighted by atomic mass is 9.78. The lowest BCUT2D eigenvalue weighted by molar-refractivity contribution is 0.0132.